The highest BCUT2D eigenvalue weighted by Gasteiger charge is 2.69. The average molecular weight is 429 g/mol. The number of aliphatic hydroxyl groups is 1. The minimum atomic E-state index is -1.97. The van der Waals surface area contributed by atoms with Gasteiger partial charge >= 0.3 is 0 Å². The Morgan fingerprint density at radius 2 is 1.80 bits per heavy atom. The fourth-order valence-corrected chi connectivity index (χ4v) is 7.19. The van der Waals surface area contributed by atoms with Crippen LogP contribution in [0.25, 0.3) is 5.57 Å². The van der Waals surface area contributed by atoms with E-state index in [9.17, 15) is 9.90 Å². The van der Waals surface area contributed by atoms with E-state index in [4.69, 9.17) is 18.9 Å². The van der Waals surface area contributed by atoms with E-state index in [-0.39, 0.29) is 12.4 Å². The van der Waals surface area contributed by atoms with Gasteiger partial charge in [-0.3, -0.25) is 4.79 Å². The standard InChI is InChI=1S/C23H28O6Si/c1-22(2)28-19-15(11-24)27-23(21(19)29-22)17-14(12-26-23)20(30(3,4)5)18(25)16(17)13-9-7-6-8-10-13/h6-10,15,19,21,24H,11-12H2,1-5H3/t15-,19-,21-,23-/m1/s1. The summed E-state index contributed by atoms with van der Waals surface area (Å²) in [5.41, 5.74) is 3.18. The molecule has 0 aromatic heterocycles. The number of hydrogen-bond acceptors (Lipinski definition) is 6. The second-order valence-electron chi connectivity index (χ2n) is 9.86. The first kappa shape index (κ1) is 20.3. The lowest BCUT2D eigenvalue weighted by Gasteiger charge is -2.31. The molecule has 0 saturated carbocycles. The van der Waals surface area contributed by atoms with Gasteiger partial charge in [0.2, 0.25) is 5.79 Å². The van der Waals surface area contributed by atoms with E-state index < -0.39 is 38.0 Å². The summed E-state index contributed by atoms with van der Waals surface area (Å²) in [5.74, 6) is -2.02. The van der Waals surface area contributed by atoms with Crippen LogP contribution in [0.2, 0.25) is 19.6 Å². The molecule has 5 rings (SSSR count). The third kappa shape index (κ3) is 2.70. The number of allylic oxidation sites excluding steroid dienone is 2. The van der Waals surface area contributed by atoms with Crippen LogP contribution in [0.3, 0.4) is 0 Å². The Hall–Kier alpha value is -1.61. The van der Waals surface area contributed by atoms with Crippen LogP contribution in [0.1, 0.15) is 19.4 Å². The second kappa shape index (κ2) is 6.45. The van der Waals surface area contributed by atoms with Gasteiger partial charge < -0.3 is 24.1 Å². The number of benzene rings is 1. The van der Waals surface area contributed by atoms with Crippen molar-refractivity contribution in [1.29, 1.82) is 0 Å². The molecule has 7 heteroatoms. The zero-order chi connectivity index (χ0) is 21.5. The van der Waals surface area contributed by atoms with E-state index in [0.29, 0.717) is 12.2 Å². The van der Waals surface area contributed by atoms with Crippen LogP contribution in [0, 0.1) is 0 Å². The van der Waals surface area contributed by atoms with Gasteiger partial charge in [0.25, 0.3) is 0 Å². The molecule has 160 valence electrons. The highest BCUT2D eigenvalue weighted by atomic mass is 28.3. The maximum Gasteiger partial charge on any atom is 0.226 e. The summed E-state index contributed by atoms with van der Waals surface area (Å²) in [5, 5.41) is 10.9. The lowest BCUT2D eigenvalue weighted by molar-refractivity contribution is -0.264. The molecule has 1 spiro atoms. The van der Waals surface area contributed by atoms with Gasteiger partial charge in [0, 0.05) is 11.1 Å². The van der Waals surface area contributed by atoms with Crippen molar-refractivity contribution < 1.29 is 28.8 Å². The third-order valence-corrected chi connectivity index (χ3v) is 8.30. The van der Waals surface area contributed by atoms with Gasteiger partial charge in [-0.1, -0.05) is 50.0 Å². The predicted molar refractivity (Wildman–Crippen MR) is 113 cm³/mol. The maximum absolute atomic E-state index is 13.8. The first-order chi connectivity index (χ1) is 14.1. The van der Waals surface area contributed by atoms with E-state index in [1.165, 1.54) is 0 Å². The van der Waals surface area contributed by atoms with Crippen molar-refractivity contribution in [3.8, 4) is 0 Å². The number of ether oxygens (including phenoxy) is 4. The summed E-state index contributed by atoms with van der Waals surface area (Å²) in [4.78, 5) is 13.8. The second-order valence-corrected chi connectivity index (χ2v) is 14.9. The monoisotopic (exact) mass is 428 g/mol. The van der Waals surface area contributed by atoms with Crippen LogP contribution in [-0.4, -0.2) is 62.1 Å². The van der Waals surface area contributed by atoms with E-state index in [1.54, 1.807) is 0 Å². The number of carbonyl (C=O) groups excluding carboxylic acids is 1. The van der Waals surface area contributed by atoms with Crippen molar-refractivity contribution in [3.63, 3.8) is 0 Å². The number of carbonyl (C=O) groups is 1. The average Bonchev–Trinajstić information content (AvgIpc) is 3.35. The molecule has 1 aromatic carbocycles. The molecule has 0 amide bonds. The number of fused-ring (bicyclic) bond motifs is 4. The molecule has 0 bridgehead atoms. The summed E-state index contributed by atoms with van der Waals surface area (Å²) in [6.07, 6.45) is -1.63. The molecule has 3 saturated heterocycles. The lowest BCUT2D eigenvalue weighted by Crippen LogP contribution is -2.44. The van der Waals surface area contributed by atoms with Gasteiger partial charge in [0.05, 0.1) is 21.3 Å². The Labute approximate surface area is 177 Å². The Morgan fingerprint density at radius 1 is 1.10 bits per heavy atom. The molecular weight excluding hydrogens is 400 g/mol. The molecule has 3 heterocycles. The van der Waals surface area contributed by atoms with Crippen LogP contribution in [-0.2, 0) is 23.7 Å². The molecule has 4 atom stereocenters. The number of aliphatic hydroxyl groups excluding tert-OH is 1. The molecule has 3 fully saturated rings. The quantitative estimate of drug-likeness (QED) is 0.747. The summed E-state index contributed by atoms with van der Waals surface area (Å²) in [7, 11) is -1.97. The zero-order valence-corrected chi connectivity index (χ0v) is 19.0. The van der Waals surface area contributed by atoms with Gasteiger partial charge in [-0.15, -0.1) is 0 Å². The molecule has 0 radical (unpaired) electrons. The van der Waals surface area contributed by atoms with Gasteiger partial charge in [-0.05, 0) is 30.2 Å². The first-order valence-corrected chi connectivity index (χ1v) is 14.0. The van der Waals surface area contributed by atoms with Crippen LogP contribution < -0.4 is 0 Å². The topological polar surface area (TPSA) is 74.2 Å². The molecule has 6 nitrogen and oxygen atoms in total. The summed E-state index contributed by atoms with van der Waals surface area (Å²) < 4.78 is 25.0. The minimum absolute atomic E-state index is 0.0683. The molecule has 3 aliphatic heterocycles. The maximum atomic E-state index is 13.8. The van der Waals surface area contributed by atoms with Crippen LogP contribution in [0.15, 0.2) is 46.7 Å². The molecule has 0 unspecified atom stereocenters. The Kier molecular flexibility index (Phi) is 4.36. The molecule has 4 aliphatic rings. The van der Waals surface area contributed by atoms with Crippen molar-refractivity contribution in [1.82, 2.24) is 0 Å². The Morgan fingerprint density at radius 3 is 2.43 bits per heavy atom. The molecular formula is C23H28O6Si. The van der Waals surface area contributed by atoms with Gasteiger partial charge in [-0.25, -0.2) is 0 Å². The molecule has 30 heavy (non-hydrogen) atoms. The van der Waals surface area contributed by atoms with E-state index in [1.807, 2.05) is 44.2 Å². The summed E-state index contributed by atoms with van der Waals surface area (Å²) >= 11 is 0. The largest absolute Gasteiger partial charge is 0.394 e. The highest BCUT2D eigenvalue weighted by molar-refractivity contribution is 6.89. The van der Waals surface area contributed by atoms with Gasteiger partial charge in [0.15, 0.2) is 11.6 Å². The Balaban J connectivity index is 1.74. The highest BCUT2D eigenvalue weighted by Crippen LogP contribution is 2.57. The van der Waals surface area contributed by atoms with Gasteiger partial charge in [-0.2, -0.15) is 0 Å². The smallest absolute Gasteiger partial charge is 0.226 e. The summed E-state index contributed by atoms with van der Waals surface area (Å²) in [6.45, 7) is 10.3. The van der Waals surface area contributed by atoms with E-state index in [0.717, 1.165) is 21.9 Å². The van der Waals surface area contributed by atoms with E-state index in [2.05, 4.69) is 19.6 Å². The van der Waals surface area contributed by atoms with Crippen LogP contribution in [0.5, 0.6) is 0 Å². The van der Waals surface area contributed by atoms with Crippen molar-refractivity contribution >= 4 is 19.4 Å². The first-order valence-electron chi connectivity index (χ1n) is 10.5. The van der Waals surface area contributed by atoms with Crippen molar-refractivity contribution in [2.24, 2.45) is 0 Å². The number of ketones is 1. The molecule has 1 N–H and O–H groups in total. The number of rotatable bonds is 3. The van der Waals surface area contributed by atoms with E-state index >= 15 is 0 Å². The zero-order valence-electron chi connectivity index (χ0n) is 18.0. The molecule has 1 aliphatic carbocycles. The van der Waals surface area contributed by atoms with Crippen molar-refractivity contribution in [3.05, 3.63) is 52.2 Å². The van der Waals surface area contributed by atoms with Crippen LogP contribution >= 0.6 is 0 Å². The number of Topliss-reactive ketones (excluding diaryl/α,β-unsaturated/α-hetero) is 1. The third-order valence-electron chi connectivity index (χ3n) is 6.28. The fourth-order valence-electron chi connectivity index (χ4n) is 5.28. The molecule has 1 aromatic rings. The minimum Gasteiger partial charge on any atom is -0.394 e. The lowest BCUT2D eigenvalue weighted by atomic mass is 9.90. The van der Waals surface area contributed by atoms with Crippen molar-refractivity contribution in [2.45, 2.75) is 63.4 Å². The fraction of sp³-hybridized carbons (Fsp3) is 0.522. The number of hydrogen-bond donors (Lipinski definition) is 1. The van der Waals surface area contributed by atoms with Gasteiger partial charge in [0.1, 0.15) is 18.3 Å². The predicted octanol–water partition coefficient (Wildman–Crippen LogP) is 2.83. The summed E-state index contributed by atoms with van der Waals surface area (Å²) in [6, 6.07) is 9.69. The van der Waals surface area contributed by atoms with Crippen molar-refractivity contribution in [2.75, 3.05) is 13.2 Å². The normalized spacial score (nSPS) is 35.0. The Bertz CT molecular complexity index is 973. The SMILES string of the molecule is CC1(C)O[C@H]2[C@@H](O1)[C@]1(OCC3=C([Si](C)(C)C)C(=O)C(c4ccccc4)=C31)O[C@@H]2CO. The van der Waals surface area contributed by atoms with Crippen LogP contribution in [0.4, 0.5) is 0 Å².